The van der Waals surface area contributed by atoms with Gasteiger partial charge >= 0.3 is 0 Å². The fourth-order valence-electron chi connectivity index (χ4n) is 1.72. The van der Waals surface area contributed by atoms with E-state index in [0.29, 0.717) is 18.7 Å². The molecule has 0 aliphatic rings. The van der Waals surface area contributed by atoms with Crippen molar-refractivity contribution in [1.29, 1.82) is 0 Å². The molecule has 0 spiro atoms. The molecule has 1 aromatic carbocycles. The summed E-state index contributed by atoms with van der Waals surface area (Å²) in [6.07, 6.45) is -0.724. The maximum absolute atomic E-state index is 13.1. The van der Waals surface area contributed by atoms with Crippen molar-refractivity contribution >= 4 is 5.69 Å². The molecule has 1 rings (SSSR count). The summed E-state index contributed by atoms with van der Waals surface area (Å²) < 4.78 is 13.1. The smallest absolute Gasteiger partial charge is 0.123 e. The molecule has 1 aromatic rings. The summed E-state index contributed by atoms with van der Waals surface area (Å²) in [6.45, 7) is 4.76. The summed E-state index contributed by atoms with van der Waals surface area (Å²) in [5.74, 6) is -0.361. The van der Waals surface area contributed by atoms with Gasteiger partial charge in [0.2, 0.25) is 0 Å². The molecule has 0 aromatic heterocycles. The van der Waals surface area contributed by atoms with E-state index in [-0.39, 0.29) is 12.4 Å². The molecule has 1 atom stereocenters. The van der Waals surface area contributed by atoms with E-state index >= 15 is 0 Å². The first-order valence-corrected chi connectivity index (χ1v) is 5.43. The van der Waals surface area contributed by atoms with E-state index in [0.717, 1.165) is 5.69 Å². The van der Waals surface area contributed by atoms with Crippen LogP contribution < -0.4 is 4.90 Å². The van der Waals surface area contributed by atoms with Crippen LogP contribution in [0.15, 0.2) is 18.2 Å². The number of halogens is 1. The lowest BCUT2D eigenvalue weighted by atomic mass is 10.1. The van der Waals surface area contributed by atoms with Gasteiger partial charge in [-0.2, -0.15) is 0 Å². The van der Waals surface area contributed by atoms with Crippen LogP contribution in [0.5, 0.6) is 0 Å². The number of benzene rings is 1. The highest BCUT2D eigenvalue weighted by atomic mass is 19.1. The summed E-state index contributed by atoms with van der Waals surface area (Å²) in [7, 11) is 0. The van der Waals surface area contributed by atoms with Crippen LogP contribution in [0.1, 0.15) is 25.5 Å². The minimum Gasteiger partial charge on any atom is -0.395 e. The molecular weight excluding hydrogens is 209 g/mol. The lowest BCUT2D eigenvalue weighted by Gasteiger charge is -2.25. The van der Waals surface area contributed by atoms with Crippen LogP contribution in [0.25, 0.3) is 0 Å². The Balaban J connectivity index is 3.09. The number of aliphatic hydroxyl groups excluding tert-OH is 2. The van der Waals surface area contributed by atoms with Crippen LogP contribution in [0.3, 0.4) is 0 Å². The van der Waals surface area contributed by atoms with Gasteiger partial charge < -0.3 is 15.1 Å². The van der Waals surface area contributed by atoms with Crippen LogP contribution >= 0.6 is 0 Å². The summed E-state index contributed by atoms with van der Waals surface area (Å²) in [6, 6.07) is 4.33. The molecule has 0 fully saturated rings. The minimum absolute atomic E-state index is 0.0322. The molecule has 0 aliphatic carbocycles. The highest BCUT2D eigenvalue weighted by Crippen LogP contribution is 2.27. The van der Waals surface area contributed by atoms with Gasteiger partial charge in [0.25, 0.3) is 0 Å². The summed E-state index contributed by atoms with van der Waals surface area (Å²) >= 11 is 0. The molecule has 1 unspecified atom stereocenters. The molecule has 16 heavy (non-hydrogen) atoms. The van der Waals surface area contributed by atoms with E-state index in [1.807, 2.05) is 11.8 Å². The first-order chi connectivity index (χ1) is 7.60. The maximum atomic E-state index is 13.1. The molecule has 90 valence electrons. The second-order valence-electron chi connectivity index (χ2n) is 3.68. The number of hydrogen-bond donors (Lipinski definition) is 2. The Morgan fingerprint density at radius 1 is 1.44 bits per heavy atom. The van der Waals surface area contributed by atoms with Crippen LogP contribution in [0.2, 0.25) is 0 Å². The van der Waals surface area contributed by atoms with Gasteiger partial charge in [0.1, 0.15) is 5.82 Å². The van der Waals surface area contributed by atoms with Gasteiger partial charge in [-0.15, -0.1) is 0 Å². The van der Waals surface area contributed by atoms with Gasteiger partial charge in [-0.3, -0.25) is 0 Å². The van der Waals surface area contributed by atoms with Crippen molar-refractivity contribution in [2.45, 2.75) is 20.0 Å². The first-order valence-electron chi connectivity index (χ1n) is 5.43. The average molecular weight is 227 g/mol. The second kappa shape index (κ2) is 5.82. The first kappa shape index (κ1) is 12.9. The van der Waals surface area contributed by atoms with E-state index in [9.17, 15) is 9.50 Å². The van der Waals surface area contributed by atoms with E-state index < -0.39 is 6.10 Å². The molecule has 4 heteroatoms. The third-order valence-corrected chi connectivity index (χ3v) is 2.53. The normalized spacial score (nSPS) is 12.6. The molecule has 0 radical (unpaired) electrons. The van der Waals surface area contributed by atoms with E-state index in [4.69, 9.17) is 5.11 Å². The second-order valence-corrected chi connectivity index (χ2v) is 3.68. The quantitative estimate of drug-likeness (QED) is 0.804. The van der Waals surface area contributed by atoms with Crippen LogP contribution in [0.4, 0.5) is 10.1 Å². The molecule has 0 amide bonds. The Hall–Kier alpha value is -1.13. The van der Waals surface area contributed by atoms with Gasteiger partial charge in [-0.25, -0.2) is 4.39 Å². The molecular formula is C12H18FNO2. The number of rotatable bonds is 5. The van der Waals surface area contributed by atoms with Crippen molar-refractivity contribution in [3.8, 4) is 0 Å². The van der Waals surface area contributed by atoms with Crippen molar-refractivity contribution in [3.05, 3.63) is 29.6 Å². The van der Waals surface area contributed by atoms with Gasteiger partial charge in [0.05, 0.1) is 12.7 Å². The number of anilines is 1. The number of likely N-dealkylation sites (N-methyl/N-ethyl adjacent to an activating group) is 1. The monoisotopic (exact) mass is 227 g/mol. The predicted molar refractivity (Wildman–Crippen MR) is 62.0 cm³/mol. The van der Waals surface area contributed by atoms with Gasteiger partial charge in [-0.05, 0) is 32.0 Å². The van der Waals surface area contributed by atoms with Crippen molar-refractivity contribution in [2.24, 2.45) is 0 Å². The molecule has 0 aliphatic heterocycles. The Bertz CT molecular complexity index is 342. The van der Waals surface area contributed by atoms with Crippen LogP contribution in [-0.2, 0) is 0 Å². The lowest BCUT2D eigenvalue weighted by molar-refractivity contribution is 0.199. The van der Waals surface area contributed by atoms with E-state index in [1.54, 1.807) is 13.0 Å². The zero-order valence-electron chi connectivity index (χ0n) is 9.65. The van der Waals surface area contributed by atoms with Gasteiger partial charge in [-0.1, -0.05) is 0 Å². The van der Waals surface area contributed by atoms with Crippen LogP contribution in [0, 0.1) is 5.82 Å². The summed E-state index contributed by atoms with van der Waals surface area (Å²) in [4.78, 5) is 1.90. The standard InChI is InChI=1S/C12H18FNO2/c1-3-14(6-7-15)12-5-4-10(13)8-11(12)9(2)16/h4-5,8-9,15-16H,3,6-7H2,1-2H3. The maximum Gasteiger partial charge on any atom is 0.123 e. The molecule has 2 N–H and O–H groups in total. The zero-order chi connectivity index (χ0) is 12.1. The van der Waals surface area contributed by atoms with E-state index in [1.165, 1.54) is 12.1 Å². The number of hydrogen-bond acceptors (Lipinski definition) is 3. The highest BCUT2D eigenvalue weighted by Gasteiger charge is 2.13. The van der Waals surface area contributed by atoms with Crippen molar-refractivity contribution in [2.75, 3.05) is 24.6 Å². The Labute approximate surface area is 95.1 Å². The van der Waals surface area contributed by atoms with Crippen LogP contribution in [-0.4, -0.2) is 29.9 Å². The Morgan fingerprint density at radius 2 is 2.12 bits per heavy atom. The average Bonchev–Trinajstić information content (AvgIpc) is 2.26. The summed E-state index contributed by atoms with van der Waals surface area (Å²) in [5.41, 5.74) is 1.32. The fraction of sp³-hybridized carbons (Fsp3) is 0.500. The molecule has 0 bridgehead atoms. The van der Waals surface area contributed by atoms with Crippen molar-refractivity contribution in [1.82, 2.24) is 0 Å². The van der Waals surface area contributed by atoms with Crippen molar-refractivity contribution < 1.29 is 14.6 Å². The summed E-state index contributed by atoms with van der Waals surface area (Å²) in [5, 5.41) is 18.5. The number of nitrogens with zero attached hydrogens (tertiary/aromatic N) is 1. The minimum atomic E-state index is -0.724. The van der Waals surface area contributed by atoms with Crippen molar-refractivity contribution in [3.63, 3.8) is 0 Å². The Kier molecular flexibility index (Phi) is 4.71. The third kappa shape index (κ3) is 2.93. The van der Waals surface area contributed by atoms with E-state index in [2.05, 4.69) is 0 Å². The predicted octanol–water partition coefficient (Wildman–Crippen LogP) is 1.70. The third-order valence-electron chi connectivity index (χ3n) is 2.53. The molecule has 0 heterocycles. The fourth-order valence-corrected chi connectivity index (χ4v) is 1.72. The van der Waals surface area contributed by atoms with Gasteiger partial charge in [0.15, 0.2) is 0 Å². The Morgan fingerprint density at radius 3 is 2.62 bits per heavy atom. The lowest BCUT2D eigenvalue weighted by Crippen LogP contribution is -2.27. The molecule has 0 saturated carbocycles. The van der Waals surface area contributed by atoms with Gasteiger partial charge in [0, 0.05) is 24.3 Å². The largest absolute Gasteiger partial charge is 0.395 e. The highest BCUT2D eigenvalue weighted by molar-refractivity contribution is 5.54. The number of aliphatic hydroxyl groups is 2. The zero-order valence-corrected chi connectivity index (χ0v) is 9.65. The SMILES string of the molecule is CCN(CCO)c1ccc(F)cc1C(C)O. The molecule has 0 saturated heterocycles. The molecule has 3 nitrogen and oxygen atoms in total. The topological polar surface area (TPSA) is 43.7 Å².